The zero-order valence-electron chi connectivity index (χ0n) is 15.0. The van der Waals surface area contributed by atoms with Gasteiger partial charge in [0.25, 0.3) is 0 Å². The Morgan fingerprint density at radius 3 is 2.25 bits per heavy atom. The maximum absolute atomic E-state index is 12.3. The van der Waals surface area contributed by atoms with Crippen LogP contribution in [0.1, 0.15) is 29.2 Å². The lowest BCUT2D eigenvalue weighted by atomic mass is 10.0. The van der Waals surface area contributed by atoms with Crippen LogP contribution in [-0.4, -0.2) is 27.5 Å². The van der Waals surface area contributed by atoms with Crippen molar-refractivity contribution < 1.29 is 4.74 Å². The maximum atomic E-state index is 12.3. The second-order valence-corrected chi connectivity index (χ2v) is 8.60. The van der Waals surface area contributed by atoms with E-state index in [2.05, 4.69) is 10.2 Å². The number of thioether (sulfide) groups is 1. The first-order valence-corrected chi connectivity index (χ1v) is 10.7. The van der Waals surface area contributed by atoms with Crippen molar-refractivity contribution in [1.29, 1.82) is 0 Å². The fourth-order valence-electron chi connectivity index (χ4n) is 3.26. The molecule has 1 aromatic heterocycles. The Balaban J connectivity index is 1.67. The molecule has 28 heavy (non-hydrogen) atoms. The molecule has 5 nitrogen and oxygen atoms in total. The van der Waals surface area contributed by atoms with Crippen LogP contribution in [0.3, 0.4) is 0 Å². The van der Waals surface area contributed by atoms with Crippen LogP contribution in [0.4, 0.5) is 0 Å². The Hall–Kier alpha value is -1.73. The summed E-state index contributed by atoms with van der Waals surface area (Å²) in [6, 6.07) is 15.4. The van der Waals surface area contributed by atoms with Gasteiger partial charge in [-0.3, -0.25) is 4.57 Å². The van der Waals surface area contributed by atoms with Crippen LogP contribution < -0.4 is 5.69 Å². The van der Waals surface area contributed by atoms with Crippen molar-refractivity contribution >= 4 is 35.0 Å². The van der Waals surface area contributed by atoms with Crippen LogP contribution in [0.25, 0.3) is 0 Å². The van der Waals surface area contributed by atoms with Crippen molar-refractivity contribution in [2.45, 2.75) is 35.9 Å². The number of rotatable bonds is 6. The van der Waals surface area contributed by atoms with E-state index in [0.717, 1.165) is 30.6 Å². The third kappa shape index (κ3) is 4.46. The van der Waals surface area contributed by atoms with Crippen molar-refractivity contribution in [3.63, 3.8) is 0 Å². The molecule has 0 saturated carbocycles. The Morgan fingerprint density at radius 1 is 1.11 bits per heavy atom. The highest BCUT2D eigenvalue weighted by atomic mass is 35.5. The first-order valence-electron chi connectivity index (χ1n) is 9.04. The standard InChI is InChI=1S/C20H19Cl2N3O2S/c21-15-7-3-13(4-8-15)18(14-5-9-16(22)10-6-14)28-20-24-23-19(26)25(20)12-17-2-1-11-27-17/h3-10,17-18H,1-2,11-12H2,(H,23,26). The third-order valence-electron chi connectivity index (χ3n) is 4.70. The largest absolute Gasteiger partial charge is 0.376 e. The zero-order valence-corrected chi connectivity index (χ0v) is 17.3. The first kappa shape index (κ1) is 19.6. The molecular formula is C20H19Cl2N3O2S. The number of benzene rings is 2. The number of halogens is 2. The highest BCUT2D eigenvalue weighted by molar-refractivity contribution is 7.99. The zero-order chi connectivity index (χ0) is 19.5. The van der Waals surface area contributed by atoms with Crippen LogP contribution in [-0.2, 0) is 11.3 Å². The van der Waals surface area contributed by atoms with Gasteiger partial charge in [-0.15, -0.1) is 5.10 Å². The predicted molar refractivity (Wildman–Crippen MR) is 112 cm³/mol. The van der Waals surface area contributed by atoms with E-state index in [0.29, 0.717) is 21.7 Å². The molecule has 1 saturated heterocycles. The Kier molecular flexibility index (Phi) is 6.11. The molecule has 2 heterocycles. The maximum Gasteiger partial charge on any atom is 0.344 e. The molecule has 3 aromatic rings. The summed E-state index contributed by atoms with van der Waals surface area (Å²) >= 11 is 13.6. The van der Waals surface area contributed by atoms with Gasteiger partial charge in [-0.05, 0) is 48.2 Å². The molecule has 1 aliphatic heterocycles. The number of nitrogens with one attached hydrogen (secondary N) is 1. The lowest BCUT2D eigenvalue weighted by Gasteiger charge is -2.18. The van der Waals surface area contributed by atoms with Gasteiger partial charge in [0.1, 0.15) is 0 Å². The molecule has 1 atom stereocenters. The fourth-order valence-corrected chi connectivity index (χ4v) is 4.69. The molecule has 0 aliphatic carbocycles. The number of hydrogen-bond donors (Lipinski definition) is 1. The summed E-state index contributed by atoms with van der Waals surface area (Å²) in [5, 5.41) is 8.77. The lowest BCUT2D eigenvalue weighted by molar-refractivity contribution is 0.0941. The van der Waals surface area contributed by atoms with Crippen molar-refractivity contribution in [1.82, 2.24) is 14.8 Å². The summed E-state index contributed by atoms with van der Waals surface area (Å²) in [5.74, 6) is 0. The van der Waals surface area contributed by atoms with E-state index in [1.807, 2.05) is 48.5 Å². The molecule has 4 rings (SSSR count). The molecular weight excluding hydrogens is 417 g/mol. The van der Waals surface area contributed by atoms with Crippen LogP contribution in [0.15, 0.2) is 58.5 Å². The summed E-state index contributed by atoms with van der Waals surface area (Å²) < 4.78 is 7.36. The SMILES string of the molecule is O=c1[nH]nc(SC(c2ccc(Cl)cc2)c2ccc(Cl)cc2)n1CC1CCCO1. The summed E-state index contributed by atoms with van der Waals surface area (Å²) in [4.78, 5) is 12.3. The number of aromatic amines is 1. The predicted octanol–water partition coefficient (Wildman–Crippen LogP) is 4.94. The molecule has 2 aromatic carbocycles. The third-order valence-corrected chi connectivity index (χ3v) is 6.51. The van der Waals surface area contributed by atoms with Crippen molar-refractivity contribution in [2.24, 2.45) is 0 Å². The van der Waals surface area contributed by atoms with Gasteiger partial charge < -0.3 is 4.74 Å². The average molecular weight is 436 g/mol. The van der Waals surface area contributed by atoms with Crippen molar-refractivity contribution in [3.05, 3.63) is 80.2 Å². The number of aromatic nitrogens is 3. The topological polar surface area (TPSA) is 59.9 Å². The van der Waals surface area contributed by atoms with Gasteiger partial charge in [-0.1, -0.05) is 59.2 Å². The van der Waals surface area contributed by atoms with E-state index >= 15 is 0 Å². The van der Waals surface area contributed by atoms with Gasteiger partial charge in [-0.2, -0.15) is 0 Å². The molecule has 8 heteroatoms. The minimum atomic E-state index is -0.219. The Morgan fingerprint density at radius 2 is 1.71 bits per heavy atom. The summed E-state index contributed by atoms with van der Waals surface area (Å²) in [7, 11) is 0. The van der Waals surface area contributed by atoms with Crippen LogP contribution in [0.2, 0.25) is 10.0 Å². The molecule has 0 bridgehead atoms. The molecule has 0 radical (unpaired) electrons. The van der Waals surface area contributed by atoms with Crippen LogP contribution in [0, 0.1) is 0 Å². The van der Waals surface area contributed by atoms with Gasteiger partial charge in [-0.25, -0.2) is 9.89 Å². The second-order valence-electron chi connectivity index (χ2n) is 6.66. The highest BCUT2D eigenvalue weighted by Gasteiger charge is 2.23. The van der Waals surface area contributed by atoms with E-state index in [-0.39, 0.29) is 17.0 Å². The molecule has 146 valence electrons. The lowest BCUT2D eigenvalue weighted by Crippen LogP contribution is -2.25. The molecule has 1 aliphatic rings. The van der Waals surface area contributed by atoms with E-state index in [9.17, 15) is 4.79 Å². The molecule has 0 amide bonds. The summed E-state index contributed by atoms with van der Waals surface area (Å²) in [6.45, 7) is 1.25. The normalized spacial score (nSPS) is 16.8. The monoisotopic (exact) mass is 435 g/mol. The number of H-pyrrole nitrogens is 1. The average Bonchev–Trinajstić information content (AvgIpc) is 3.33. The summed E-state index contributed by atoms with van der Waals surface area (Å²) in [6.07, 6.45) is 2.04. The van der Waals surface area contributed by atoms with E-state index < -0.39 is 0 Å². The van der Waals surface area contributed by atoms with Gasteiger partial charge in [0.05, 0.1) is 17.9 Å². The summed E-state index contributed by atoms with van der Waals surface area (Å²) in [5.41, 5.74) is 1.91. The van der Waals surface area contributed by atoms with Crippen LogP contribution >= 0.6 is 35.0 Å². The molecule has 1 fully saturated rings. The smallest absolute Gasteiger partial charge is 0.344 e. The number of hydrogen-bond acceptors (Lipinski definition) is 4. The minimum Gasteiger partial charge on any atom is -0.376 e. The van der Waals surface area contributed by atoms with Crippen LogP contribution in [0.5, 0.6) is 0 Å². The minimum absolute atomic E-state index is 0.0548. The van der Waals surface area contributed by atoms with E-state index in [1.165, 1.54) is 11.8 Å². The highest BCUT2D eigenvalue weighted by Crippen LogP contribution is 2.40. The molecule has 1 N–H and O–H groups in total. The van der Waals surface area contributed by atoms with Gasteiger partial charge in [0, 0.05) is 16.7 Å². The Labute approximate surface area is 177 Å². The molecule has 0 spiro atoms. The van der Waals surface area contributed by atoms with Crippen molar-refractivity contribution in [2.75, 3.05) is 6.61 Å². The van der Waals surface area contributed by atoms with Gasteiger partial charge in [0.2, 0.25) is 0 Å². The van der Waals surface area contributed by atoms with E-state index in [4.69, 9.17) is 27.9 Å². The molecule has 1 unspecified atom stereocenters. The van der Waals surface area contributed by atoms with Gasteiger partial charge >= 0.3 is 5.69 Å². The second kappa shape index (κ2) is 8.74. The van der Waals surface area contributed by atoms with Crippen molar-refractivity contribution in [3.8, 4) is 0 Å². The van der Waals surface area contributed by atoms with E-state index in [1.54, 1.807) is 4.57 Å². The number of nitrogens with zero attached hydrogens (tertiary/aromatic N) is 2. The number of ether oxygens (including phenoxy) is 1. The fraction of sp³-hybridized carbons (Fsp3) is 0.300. The Bertz CT molecular complexity index is 934. The quantitative estimate of drug-likeness (QED) is 0.557. The first-order chi connectivity index (χ1) is 13.6. The van der Waals surface area contributed by atoms with Gasteiger partial charge in [0.15, 0.2) is 5.16 Å².